The largest absolute Gasteiger partial charge is 0.456 e. The molecule has 0 aliphatic carbocycles. The molecular formula is C12H19NO2. The first-order valence-electron chi connectivity index (χ1n) is 5.18. The van der Waals surface area contributed by atoms with Gasteiger partial charge in [0.2, 0.25) is 0 Å². The van der Waals surface area contributed by atoms with Crippen molar-refractivity contribution in [2.75, 3.05) is 0 Å². The smallest absolute Gasteiger partial charge is 0.287 e. The van der Waals surface area contributed by atoms with Crippen molar-refractivity contribution in [2.24, 2.45) is 5.41 Å². The quantitative estimate of drug-likeness (QED) is 0.813. The Morgan fingerprint density at radius 2 is 2.00 bits per heavy atom. The van der Waals surface area contributed by atoms with E-state index in [1.165, 1.54) is 0 Å². The number of carbonyl (C=O) groups is 1. The summed E-state index contributed by atoms with van der Waals surface area (Å²) in [5.74, 6) is 0.984. The Bertz CT molecular complexity index is 347. The van der Waals surface area contributed by atoms with Gasteiger partial charge < -0.3 is 9.73 Å². The maximum Gasteiger partial charge on any atom is 0.287 e. The minimum absolute atomic E-state index is 0.0529. The second-order valence-electron chi connectivity index (χ2n) is 4.97. The Hall–Kier alpha value is -1.25. The molecule has 1 aromatic rings. The normalized spacial score (nSPS) is 13.7. The van der Waals surface area contributed by atoms with Crippen molar-refractivity contribution >= 4 is 5.91 Å². The van der Waals surface area contributed by atoms with Gasteiger partial charge in [-0.25, -0.2) is 0 Å². The molecule has 0 aliphatic rings. The van der Waals surface area contributed by atoms with Gasteiger partial charge >= 0.3 is 0 Å². The molecule has 1 N–H and O–H groups in total. The molecule has 1 rings (SSSR count). The molecule has 0 fully saturated rings. The van der Waals surface area contributed by atoms with Crippen molar-refractivity contribution in [3.8, 4) is 0 Å². The highest BCUT2D eigenvalue weighted by atomic mass is 16.3. The van der Waals surface area contributed by atoms with Crippen LogP contribution in [0.2, 0.25) is 0 Å². The summed E-state index contributed by atoms with van der Waals surface area (Å²) in [6.45, 7) is 10.1. The molecule has 84 valence electrons. The Morgan fingerprint density at radius 3 is 2.40 bits per heavy atom. The lowest BCUT2D eigenvalue weighted by molar-refractivity contribution is 0.0880. The van der Waals surface area contributed by atoms with Gasteiger partial charge in [-0.1, -0.05) is 20.8 Å². The van der Waals surface area contributed by atoms with E-state index in [2.05, 4.69) is 26.1 Å². The summed E-state index contributed by atoms with van der Waals surface area (Å²) in [6.07, 6.45) is 0. The Balaban J connectivity index is 2.64. The number of hydrogen-bond donors (Lipinski definition) is 1. The molecule has 0 saturated carbocycles. The zero-order valence-electron chi connectivity index (χ0n) is 10.0. The highest BCUT2D eigenvalue weighted by Crippen LogP contribution is 2.19. The topological polar surface area (TPSA) is 42.2 Å². The molecule has 0 aromatic carbocycles. The standard InChI is InChI=1S/C12H19NO2/c1-8-6-7-10(15-8)11(14)13-9(2)12(3,4)5/h6-7,9H,1-5H3,(H,13,14). The van der Waals surface area contributed by atoms with Crippen LogP contribution >= 0.6 is 0 Å². The van der Waals surface area contributed by atoms with Crippen molar-refractivity contribution in [1.82, 2.24) is 5.32 Å². The molecule has 3 nitrogen and oxygen atoms in total. The van der Waals surface area contributed by atoms with Gasteiger partial charge in [0.1, 0.15) is 5.76 Å². The number of amides is 1. The predicted octanol–water partition coefficient (Wildman–Crippen LogP) is 2.75. The summed E-state index contributed by atoms with van der Waals surface area (Å²) in [4.78, 5) is 11.7. The second-order valence-corrected chi connectivity index (χ2v) is 4.97. The maximum atomic E-state index is 11.7. The molecule has 1 amide bonds. The van der Waals surface area contributed by atoms with E-state index in [9.17, 15) is 4.79 Å². The third-order valence-electron chi connectivity index (χ3n) is 2.61. The first kappa shape index (κ1) is 11.8. The van der Waals surface area contributed by atoms with Crippen LogP contribution in [-0.2, 0) is 0 Å². The van der Waals surface area contributed by atoms with Gasteiger partial charge in [0, 0.05) is 6.04 Å². The first-order chi connectivity index (χ1) is 6.80. The Labute approximate surface area is 90.9 Å². The Morgan fingerprint density at radius 1 is 1.40 bits per heavy atom. The fraction of sp³-hybridized carbons (Fsp3) is 0.583. The van der Waals surface area contributed by atoms with E-state index >= 15 is 0 Å². The highest BCUT2D eigenvalue weighted by molar-refractivity contribution is 5.91. The number of furan rings is 1. The number of carbonyl (C=O) groups excluding carboxylic acids is 1. The van der Waals surface area contributed by atoms with Gasteiger partial charge in [-0.15, -0.1) is 0 Å². The van der Waals surface area contributed by atoms with Crippen LogP contribution in [0.4, 0.5) is 0 Å². The van der Waals surface area contributed by atoms with Crippen LogP contribution in [-0.4, -0.2) is 11.9 Å². The number of rotatable bonds is 2. The summed E-state index contributed by atoms with van der Waals surface area (Å²) in [5.41, 5.74) is 0.0529. The summed E-state index contributed by atoms with van der Waals surface area (Å²) in [5, 5.41) is 2.92. The highest BCUT2D eigenvalue weighted by Gasteiger charge is 2.23. The summed E-state index contributed by atoms with van der Waals surface area (Å²) < 4.78 is 5.25. The zero-order valence-corrected chi connectivity index (χ0v) is 10.0. The van der Waals surface area contributed by atoms with Crippen LogP contribution < -0.4 is 5.32 Å². The van der Waals surface area contributed by atoms with Crippen molar-refractivity contribution in [3.63, 3.8) is 0 Å². The molecule has 15 heavy (non-hydrogen) atoms. The lowest BCUT2D eigenvalue weighted by Gasteiger charge is -2.27. The summed E-state index contributed by atoms with van der Waals surface area (Å²) >= 11 is 0. The fourth-order valence-electron chi connectivity index (χ4n) is 1.04. The zero-order chi connectivity index (χ0) is 11.6. The van der Waals surface area contributed by atoms with Gasteiger partial charge in [0.25, 0.3) is 5.91 Å². The predicted molar refractivity (Wildman–Crippen MR) is 59.8 cm³/mol. The third kappa shape index (κ3) is 3.11. The van der Waals surface area contributed by atoms with Gasteiger partial charge in [-0.05, 0) is 31.4 Å². The molecule has 3 heteroatoms. The van der Waals surface area contributed by atoms with E-state index in [-0.39, 0.29) is 17.4 Å². The van der Waals surface area contributed by atoms with E-state index < -0.39 is 0 Å². The van der Waals surface area contributed by atoms with Gasteiger partial charge in [-0.3, -0.25) is 4.79 Å². The maximum absolute atomic E-state index is 11.7. The third-order valence-corrected chi connectivity index (χ3v) is 2.61. The van der Waals surface area contributed by atoms with Crippen LogP contribution in [0.1, 0.15) is 44.0 Å². The minimum Gasteiger partial charge on any atom is -0.456 e. The van der Waals surface area contributed by atoms with Crippen molar-refractivity contribution in [3.05, 3.63) is 23.7 Å². The molecular weight excluding hydrogens is 190 g/mol. The molecule has 0 spiro atoms. The van der Waals surface area contributed by atoms with Gasteiger partial charge in [0.05, 0.1) is 0 Å². The average molecular weight is 209 g/mol. The van der Waals surface area contributed by atoms with E-state index in [1.807, 2.05) is 13.8 Å². The molecule has 0 bridgehead atoms. The van der Waals surface area contributed by atoms with Crippen molar-refractivity contribution < 1.29 is 9.21 Å². The van der Waals surface area contributed by atoms with Crippen LogP contribution in [0.3, 0.4) is 0 Å². The monoisotopic (exact) mass is 209 g/mol. The molecule has 0 aliphatic heterocycles. The van der Waals surface area contributed by atoms with E-state index in [0.717, 1.165) is 5.76 Å². The van der Waals surface area contributed by atoms with E-state index in [1.54, 1.807) is 12.1 Å². The molecule has 1 unspecified atom stereocenters. The number of nitrogens with one attached hydrogen (secondary N) is 1. The van der Waals surface area contributed by atoms with Crippen LogP contribution in [0.5, 0.6) is 0 Å². The van der Waals surface area contributed by atoms with Crippen molar-refractivity contribution in [2.45, 2.75) is 40.7 Å². The summed E-state index contributed by atoms with van der Waals surface area (Å²) in [7, 11) is 0. The Kier molecular flexibility index (Phi) is 3.22. The number of hydrogen-bond acceptors (Lipinski definition) is 2. The SMILES string of the molecule is Cc1ccc(C(=O)NC(C)C(C)(C)C)o1. The van der Waals surface area contributed by atoms with Gasteiger partial charge in [-0.2, -0.15) is 0 Å². The minimum atomic E-state index is -0.148. The van der Waals surface area contributed by atoms with Crippen LogP contribution in [0.15, 0.2) is 16.5 Å². The average Bonchev–Trinajstić information content (AvgIpc) is 2.50. The van der Waals surface area contributed by atoms with Crippen molar-refractivity contribution in [1.29, 1.82) is 0 Å². The first-order valence-corrected chi connectivity index (χ1v) is 5.18. The van der Waals surface area contributed by atoms with Crippen LogP contribution in [0.25, 0.3) is 0 Å². The van der Waals surface area contributed by atoms with Gasteiger partial charge in [0.15, 0.2) is 5.76 Å². The molecule has 0 radical (unpaired) electrons. The lowest BCUT2D eigenvalue weighted by Crippen LogP contribution is -2.41. The molecule has 1 aromatic heterocycles. The molecule has 1 heterocycles. The summed E-state index contributed by atoms with van der Waals surface area (Å²) in [6, 6.07) is 3.59. The number of aryl methyl sites for hydroxylation is 1. The van der Waals surface area contributed by atoms with E-state index in [0.29, 0.717) is 5.76 Å². The molecule has 0 saturated heterocycles. The molecule has 1 atom stereocenters. The van der Waals surface area contributed by atoms with E-state index in [4.69, 9.17) is 4.42 Å². The lowest BCUT2D eigenvalue weighted by atomic mass is 9.88. The van der Waals surface area contributed by atoms with Crippen LogP contribution in [0, 0.1) is 12.3 Å². The fourth-order valence-corrected chi connectivity index (χ4v) is 1.04. The second kappa shape index (κ2) is 4.09.